The van der Waals surface area contributed by atoms with Gasteiger partial charge in [-0.2, -0.15) is 0 Å². The Hall–Kier alpha value is -2.51. The van der Waals surface area contributed by atoms with Crippen LogP contribution < -0.4 is 10.9 Å². The third kappa shape index (κ3) is 5.41. The van der Waals surface area contributed by atoms with Gasteiger partial charge in [-0.25, -0.2) is 4.98 Å². The van der Waals surface area contributed by atoms with Crippen LogP contribution in [0, 0.1) is 0 Å². The second-order valence-electron chi connectivity index (χ2n) is 9.12. The maximum Gasteiger partial charge on any atom is 0.263 e. The van der Waals surface area contributed by atoms with E-state index in [1.807, 2.05) is 12.1 Å². The van der Waals surface area contributed by atoms with Crippen molar-refractivity contribution in [3.63, 3.8) is 0 Å². The largest absolute Gasteiger partial charge is 0.325 e. The second kappa shape index (κ2) is 11.3. The molecular weight excluding hydrogens is 444 g/mol. The van der Waals surface area contributed by atoms with Gasteiger partial charge in [0.25, 0.3) is 5.56 Å². The van der Waals surface area contributed by atoms with Gasteiger partial charge in [-0.1, -0.05) is 39.3 Å². The Kier molecular flexibility index (Phi) is 8.16. The van der Waals surface area contributed by atoms with E-state index in [1.54, 1.807) is 15.9 Å². The Labute approximate surface area is 206 Å². The summed E-state index contributed by atoms with van der Waals surface area (Å²) in [4.78, 5) is 36.0. The Morgan fingerprint density at radius 1 is 1.12 bits per heavy atom. The summed E-state index contributed by atoms with van der Waals surface area (Å²) >= 11 is 1.66. The van der Waals surface area contributed by atoms with Crippen molar-refractivity contribution >= 4 is 33.1 Å². The number of thiophene rings is 1. The summed E-state index contributed by atoms with van der Waals surface area (Å²) in [7, 11) is 0. The van der Waals surface area contributed by atoms with E-state index in [0.29, 0.717) is 12.4 Å². The van der Waals surface area contributed by atoms with Crippen molar-refractivity contribution in [2.75, 3.05) is 18.4 Å². The van der Waals surface area contributed by atoms with Gasteiger partial charge in [0.2, 0.25) is 5.91 Å². The molecule has 1 N–H and O–H groups in total. The number of rotatable bonds is 10. The summed E-state index contributed by atoms with van der Waals surface area (Å²) in [5, 5.41) is 3.71. The van der Waals surface area contributed by atoms with Crippen molar-refractivity contribution in [3.05, 3.63) is 56.4 Å². The van der Waals surface area contributed by atoms with Gasteiger partial charge in [0.15, 0.2) is 0 Å². The summed E-state index contributed by atoms with van der Waals surface area (Å²) in [5.41, 5.74) is 3.12. The lowest BCUT2D eigenvalue weighted by Gasteiger charge is -2.20. The van der Waals surface area contributed by atoms with E-state index in [1.165, 1.54) is 16.9 Å². The van der Waals surface area contributed by atoms with Gasteiger partial charge in [0.1, 0.15) is 17.2 Å². The molecule has 1 aromatic carbocycles. The molecule has 182 valence electrons. The van der Waals surface area contributed by atoms with E-state index >= 15 is 0 Å². The first-order valence-corrected chi connectivity index (χ1v) is 13.5. The second-order valence-corrected chi connectivity index (χ2v) is 10.2. The number of fused-ring (bicyclic) bond motifs is 3. The fourth-order valence-corrected chi connectivity index (χ4v) is 5.96. The van der Waals surface area contributed by atoms with Crippen LogP contribution in [0.3, 0.4) is 0 Å². The molecule has 0 spiro atoms. The zero-order chi connectivity index (χ0) is 24.1. The summed E-state index contributed by atoms with van der Waals surface area (Å²) in [5.74, 6) is 0.472. The Morgan fingerprint density at radius 3 is 2.56 bits per heavy atom. The van der Waals surface area contributed by atoms with Crippen molar-refractivity contribution in [3.8, 4) is 0 Å². The van der Waals surface area contributed by atoms with E-state index in [4.69, 9.17) is 4.98 Å². The van der Waals surface area contributed by atoms with Gasteiger partial charge in [0.05, 0.1) is 11.9 Å². The van der Waals surface area contributed by atoms with Gasteiger partial charge < -0.3 is 5.32 Å². The minimum Gasteiger partial charge on any atom is -0.325 e. The lowest BCUT2D eigenvalue weighted by Crippen LogP contribution is -2.34. The topological polar surface area (TPSA) is 67.2 Å². The SMILES string of the molecule is CCCCc1ccc(NC(=O)Cn2c(CN(CC)CC)nc3sc4c(c3c2=O)CCCC4)cc1. The monoisotopic (exact) mass is 480 g/mol. The summed E-state index contributed by atoms with van der Waals surface area (Å²) in [6.45, 7) is 8.64. The summed E-state index contributed by atoms with van der Waals surface area (Å²) in [6, 6.07) is 8.02. The van der Waals surface area contributed by atoms with Crippen molar-refractivity contribution < 1.29 is 4.79 Å². The van der Waals surface area contributed by atoms with E-state index in [9.17, 15) is 9.59 Å². The van der Waals surface area contributed by atoms with Gasteiger partial charge in [-0.3, -0.25) is 19.1 Å². The Balaban J connectivity index is 1.63. The highest BCUT2D eigenvalue weighted by atomic mass is 32.1. The molecule has 7 heteroatoms. The molecule has 34 heavy (non-hydrogen) atoms. The first-order valence-electron chi connectivity index (χ1n) is 12.7. The van der Waals surface area contributed by atoms with Crippen LogP contribution in [0.15, 0.2) is 29.1 Å². The molecule has 0 saturated carbocycles. The van der Waals surface area contributed by atoms with Gasteiger partial charge in [-0.05, 0) is 74.9 Å². The van der Waals surface area contributed by atoms with Crippen LogP contribution in [0.1, 0.15) is 68.3 Å². The fourth-order valence-electron chi connectivity index (χ4n) is 4.69. The number of hydrogen-bond donors (Lipinski definition) is 1. The predicted octanol–water partition coefficient (Wildman–Crippen LogP) is 5.16. The molecule has 1 aliphatic carbocycles. The number of aryl methyl sites for hydroxylation is 3. The maximum absolute atomic E-state index is 13.7. The van der Waals surface area contributed by atoms with Gasteiger partial charge >= 0.3 is 0 Å². The minimum atomic E-state index is -0.200. The van der Waals surface area contributed by atoms with Crippen LogP contribution >= 0.6 is 11.3 Å². The standard InChI is InChI=1S/C27H36N4O2S/c1-4-7-10-19-13-15-20(16-14-19)28-24(32)18-31-23(17-30(5-2)6-3)29-26-25(27(31)33)21-11-8-9-12-22(21)34-26/h13-16H,4-12,17-18H2,1-3H3,(H,28,32). The number of amides is 1. The van der Waals surface area contributed by atoms with Crippen molar-refractivity contribution in [2.24, 2.45) is 0 Å². The number of nitrogens with one attached hydrogen (secondary N) is 1. The van der Waals surface area contributed by atoms with Crippen molar-refractivity contribution in [1.29, 1.82) is 0 Å². The first kappa shape index (κ1) is 24.6. The number of unbranched alkanes of at least 4 members (excludes halogenated alkanes) is 1. The molecule has 0 radical (unpaired) electrons. The molecular formula is C27H36N4O2S. The quantitative estimate of drug-likeness (QED) is 0.435. The van der Waals surface area contributed by atoms with E-state index in [-0.39, 0.29) is 18.0 Å². The zero-order valence-electron chi connectivity index (χ0n) is 20.7. The number of nitrogens with zero attached hydrogens (tertiary/aromatic N) is 3. The molecule has 2 aromatic heterocycles. The van der Waals surface area contributed by atoms with Crippen LogP contribution in [-0.2, 0) is 37.1 Å². The number of benzene rings is 1. The molecule has 4 rings (SSSR count). The molecule has 0 saturated heterocycles. The fraction of sp³-hybridized carbons (Fsp3) is 0.519. The third-order valence-electron chi connectivity index (χ3n) is 6.77. The predicted molar refractivity (Wildman–Crippen MR) is 141 cm³/mol. The molecule has 3 aromatic rings. The number of hydrogen-bond acceptors (Lipinski definition) is 5. The average molecular weight is 481 g/mol. The van der Waals surface area contributed by atoms with Gasteiger partial charge in [0, 0.05) is 10.6 Å². The van der Waals surface area contributed by atoms with E-state index < -0.39 is 0 Å². The number of carbonyl (C=O) groups is 1. The molecule has 0 fully saturated rings. The molecule has 0 aliphatic heterocycles. The maximum atomic E-state index is 13.7. The Morgan fingerprint density at radius 2 is 1.85 bits per heavy atom. The molecule has 0 unspecified atom stereocenters. The lowest BCUT2D eigenvalue weighted by molar-refractivity contribution is -0.116. The smallest absolute Gasteiger partial charge is 0.263 e. The number of aromatic nitrogens is 2. The number of anilines is 1. The summed E-state index contributed by atoms with van der Waals surface area (Å²) < 4.78 is 1.60. The summed E-state index contributed by atoms with van der Waals surface area (Å²) in [6.07, 6.45) is 7.59. The van der Waals surface area contributed by atoms with Crippen LogP contribution in [-0.4, -0.2) is 33.4 Å². The lowest BCUT2D eigenvalue weighted by atomic mass is 9.97. The minimum absolute atomic E-state index is 0.0272. The van der Waals surface area contributed by atoms with Crippen LogP contribution in [0.5, 0.6) is 0 Å². The van der Waals surface area contributed by atoms with Crippen LogP contribution in [0.25, 0.3) is 10.2 Å². The normalized spacial score (nSPS) is 13.4. The molecule has 6 nitrogen and oxygen atoms in total. The molecule has 1 aliphatic rings. The molecule has 1 amide bonds. The van der Waals surface area contributed by atoms with Crippen molar-refractivity contribution in [2.45, 2.75) is 78.8 Å². The Bertz CT molecular complexity index is 1190. The first-order chi connectivity index (χ1) is 16.5. The highest BCUT2D eigenvalue weighted by molar-refractivity contribution is 7.18. The van der Waals surface area contributed by atoms with Gasteiger partial charge in [-0.15, -0.1) is 11.3 Å². The highest BCUT2D eigenvalue weighted by Crippen LogP contribution is 2.33. The zero-order valence-corrected chi connectivity index (χ0v) is 21.5. The van der Waals surface area contributed by atoms with Crippen LogP contribution in [0.4, 0.5) is 5.69 Å². The highest BCUT2D eigenvalue weighted by Gasteiger charge is 2.23. The molecule has 0 atom stereocenters. The van der Waals surface area contributed by atoms with Crippen LogP contribution in [0.2, 0.25) is 0 Å². The third-order valence-corrected chi connectivity index (χ3v) is 7.96. The average Bonchev–Trinajstić information content (AvgIpc) is 3.22. The molecule has 2 heterocycles. The van der Waals surface area contributed by atoms with Crippen molar-refractivity contribution in [1.82, 2.24) is 14.5 Å². The van der Waals surface area contributed by atoms with E-state index in [2.05, 4.69) is 43.1 Å². The number of carbonyl (C=O) groups excluding carboxylic acids is 1. The molecule has 0 bridgehead atoms. The van der Waals surface area contributed by atoms with E-state index in [0.717, 1.165) is 73.1 Å².